The summed E-state index contributed by atoms with van der Waals surface area (Å²) in [7, 11) is -6.26. The largest absolute Gasteiger partial charge is 0.761 e. The van der Waals surface area contributed by atoms with Crippen molar-refractivity contribution in [2.75, 3.05) is 0 Å². The Morgan fingerprint density at radius 3 is 0.778 bits per heavy atom. The Bertz CT molecular complexity index is 69.1. The van der Waals surface area contributed by atoms with Gasteiger partial charge in [0.2, 0.25) is 0 Å². The van der Waals surface area contributed by atoms with Gasteiger partial charge in [-0.2, -0.15) is 0 Å². The van der Waals surface area contributed by atoms with Gasteiger partial charge in [-0.1, -0.05) is 0 Å². The van der Waals surface area contributed by atoms with Gasteiger partial charge in [-0.25, -0.2) is 0 Å². The van der Waals surface area contributed by atoms with Crippen LogP contribution in [0.1, 0.15) is 0 Å². The molecule has 0 fully saturated rings. The summed E-state index contributed by atoms with van der Waals surface area (Å²) in [6.45, 7) is 0. The molecule has 0 bridgehead atoms. The summed E-state index contributed by atoms with van der Waals surface area (Å²) >= 11 is 0. The molecular formula is H4O6ScSi2. The molecule has 0 saturated heterocycles. The quantitative estimate of drug-likeness (QED) is 0.306. The third-order valence-corrected chi connectivity index (χ3v) is 0. The monoisotopic (exact) mass is 201 g/mol. The van der Waals surface area contributed by atoms with Crippen molar-refractivity contribution in [3.63, 3.8) is 0 Å². The second-order valence-corrected chi connectivity index (χ2v) is 1.70. The van der Waals surface area contributed by atoms with E-state index in [1.165, 1.54) is 0 Å². The van der Waals surface area contributed by atoms with Crippen molar-refractivity contribution in [1.82, 2.24) is 0 Å². The molecule has 0 heterocycles. The smallest absolute Gasteiger partial charge is 0.511 e. The van der Waals surface area contributed by atoms with Crippen LogP contribution in [-0.2, 0) is 34.8 Å². The van der Waals surface area contributed by atoms with Crippen LogP contribution in [0.25, 0.3) is 0 Å². The first kappa shape index (κ1) is 16.0. The van der Waals surface area contributed by atoms with E-state index in [4.69, 9.17) is 28.1 Å². The molecule has 0 aliphatic heterocycles. The second-order valence-electron chi connectivity index (χ2n) is 0.565. The first-order valence-electron chi connectivity index (χ1n) is 1.30. The van der Waals surface area contributed by atoms with Gasteiger partial charge in [0.25, 0.3) is 0 Å². The van der Waals surface area contributed by atoms with Crippen molar-refractivity contribution in [1.29, 1.82) is 0 Å². The zero-order chi connectivity index (χ0) is 7.15. The molecule has 0 atom stereocenters. The van der Waals surface area contributed by atoms with Crippen molar-refractivity contribution in [2.24, 2.45) is 0 Å². The Balaban J connectivity index is -0.0000000720. The van der Waals surface area contributed by atoms with Crippen molar-refractivity contribution in [3.8, 4) is 0 Å². The van der Waals surface area contributed by atoms with Gasteiger partial charge in [-0.15, -0.1) is 0 Å². The van der Waals surface area contributed by atoms with Gasteiger partial charge >= 0.3 is 18.3 Å². The van der Waals surface area contributed by atoms with Crippen LogP contribution in [0.15, 0.2) is 0 Å². The van der Waals surface area contributed by atoms with Gasteiger partial charge in [0, 0.05) is 25.8 Å². The van der Waals surface area contributed by atoms with E-state index in [9.17, 15) is 0 Å². The minimum absolute atomic E-state index is 0. The third-order valence-electron chi connectivity index (χ3n) is 0. The fourth-order valence-corrected chi connectivity index (χ4v) is 0. The maximum atomic E-state index is 8.74. The maximum absolute atomic E-state index is 8.74. The standard InChI is InChI=1S/2H2O3Si.Sc/c2*1-4(2)3;/h2*1-2H;. The van der Waals surface area contributed by atoms with Gasteiger partial charge in [0.05, 0.1) is 0 Å². The van der Waals surface area contributed by atoms with E-state index in [1.807, 2.05) is 0 Å². The zero-order valence-electron chi connectivity index (χ0n) is 4.18. The molecule has 0 aromatic rings. The third kappa shape index (κ3) is 28000. The summed E-state index contributed by atoms with van der Waals surface area (Å²) in [5.74, 6) is 0. The average Bonchev–Trinajstić information content (AvgIpc) is 1.25. The van der Waals surface area contributed by atoms with E-state index in [0.29, 0.717) is 0 Å². The minimum Gasteiger partial charge on any atom is -0.511 e. The van der Waals surface area contributed by atoms with Gasteiger partial charge in [0.15, 0.2) is 0 Å². The summed E-state index contributed by atoms with van der Waals surface area (Å²) in [6.07, 6.45) is 0. The molecule has 0 aliphatic carbocycles. The molecule has 51 valence electrons. The average molecular weight is 201 g/mol. The molecule has 0 spiro atoms. The number of hydrogen-bond donors (Lipinski definition) is 4. The van der Waals surface area contributed by atoms with Gasteiger partial charge in [-0.3, -0.25) is 8.92 Å². The van der Waals surface area contributed by atoms with Crippen molar-refractivity contribution in [2.45, 2.75) is 0 Å². The van der Waals surface area contributed by atoms with Crippen LogP contribution in [-0.4, -0.2) is 37.5 Å². The molecule has 0 unspecified atom stereocenters. The van der Waals surface area contributed by atoms with E-state index < -0.39 is 18.3 Å². The van der Waals surface area contributed by atoms with Crippen LogP contribution in [0.4, 0.5) is 0 Å². The number of hydrogen-bond acceptors (Lipinski definition) is 2. The van der Waals surface area contributed by atoms with E-state index in [-0.39, 0.29) is 25.8 Å². The molecule has 0 aliphatic rings. The van der Waals surface area contributed by atoms with Crippen molar-refractivity contribution >= 4 is 18.3 Å². The SMILES string of the molecule is O=[Si](O)O.O=[Si](O)O.[Sc]. The van der Waals surface area contributed by atoms with Crippen LogP contribution < -0.4 is 0 Å². The van der Waals surface area contributed by atoms with Crippen LogP contribution in [0.2, 0.25) is 0 Å². The molecule has 9 heteroatoms. The predicted molar refractivity (Wildman–Crippen MR) is 21.8 cm³/mol. The summed E-state index contributed by atoms with van der Waals surface area (Å²) in [5, 5.41) is 0. The Morgan fingerprint density at radius 1 is 0.778 bits per heavy atom. The Morgan fingerprint density at radius 2 is 0.778 bits per heavy atom. The van der Waals surface area contributed by atoms with E-state index >= 15 is 0 Å². The number of rotatable bonds is 0. The maximum Gasteiger partial charge on any atom is 0.761 e. The van der Waals surface area contributed by atoms with E-state index in [1.54, 1.807) is 0 Å². The van der Waals surface area contributed by atoms with Crippen LogP contribution in [0.3, 0.4) is 0 Å². The molecule has 1 radical (unpaired) electrons. The zero-order valence-corrected chi connectivity index (χ0v) is 7.99. The topological polar surface area (TPSA) is 115 Å². The fraction of sp³-hybridized carbons (Fsp3) is 0. The van der Waals surface area contributed by atoms with E-state index in [2.05, 4.69) is 0 Å². The Hall–Kier alpha value is 0.104. The van der Waals surface area contributed by atoms with Crippen LogP contribution in [0.5, 0.6) is 0 Å². The molecule has 0 aromatic heterocycles. The molecule has 6 nitrogen and oxygen atoms in total. The molecule has 0 rings (SSSR count). The van der Waals surface area contributed by atoms with Gasteiger partial charge in [0.1, 0.15) is 0 Å². The van der Waals surface area contributed by atoms with Crippen LogP contribution in [0, 0.1) is 0 Å². The van der Waals surface area contributed by atoms with Crippen molar-refractivity contribution < 1.29 is 53.9 Å². The molecule has 0 saturated carbocycles. The van der Waals surface area contributed by atoms with Crippen molar-refractivity contribution in [3.05, 3.63) is 0 Å². The van der Waals surface area contributed by atoms with Gasteiger partial charge in [-0.05, 0) is 0 Å². The summed E-state index contributed by atoms with van der Waals surface area (Å²) in [6, 6.07) is 0. The second kappa shape index (κ2) is 11.0. The summed E-state index contributed by atoms with van der Waals surface area (Å²) < 4.78 is 17.5. The molecule has 4 N–H and O–H groups in total. The molecule has 9 heavy (non-hydrogen) atoms. The minimum atomic E-state index is -3.13. The predicted octanol–water partition coefficient (Wildman–Crippen LogP) is -3.23. The normalized spacial score (nSPS) is 5.33. The van der Waals surface area contributed by atoms with Gasteiger partial charge < -0.3 is 19.2 Å². The summed E-state index contributed by atoms with van der Waals surface area (Å²) in [5.41, 5.74) is 0. The first-order chi connectivity index (χ1) is 3.46. The first-order valence-corrected chi connectivity index (χ1v) is 3.91. The molecule has 0 aromatic carbocycles. The Kier molecular flexibility index (Phi) is 19.6. The fourth-order valence-electron chi connectivity index (χ4n) is 0. The summed E-state index contributed by atoms with van der Waals surface area (Å²) in [4.78, 5) is 28.6. The van der Waals surface area contributed by atoms with E-state index in [0.717, 1.165) is 0 Å². The molecular weight excluding hydrogens is 197 g/mol. The molecule has 0 amide bonds. The Labute approximate surface area is 72.4 Å². The van der Waals surface area contributed by atoms with Crippen LogP contribution >= 0.6 is 0 Å².